The Hall–Kier alpha value is -4.18. The van der Waals surface area contributed by atoms with Crippen molar-refractivity contribution >= 4 is 40.1 Å². The molecule has 0 spiro atoms. The van der Waals surface area contributed by atoms with Gasteiger partial charge in [0.05, 0.1) is 17.9 Å². The van der Waals surface area contributed by atoms with Crippen LogP contribution in [-0.4, -0.2) is 75.0 Å². The standard InChI is InChI=1S/C26H28ClNO.C6H8O7/c1-3-28(4-2)19-20-29-24-17-15-22(16-18-24)25(21-11-7-5-8-12-21)26(27)23-13-9-6-10-14-23;7-3(8)1-6(13,5(11)12)2-4(9)10/h5-18H,3-4,19-20H2,1-2H3;13H,1-2H2,(H,7,8)(H,9,10)(H,11,12)/b26-25-;/i1D3,2D3,3D2,4D2;. The van der Waals surface area contributed by atoms with Crippen molar-refractivity contribution in [1.82, 2.24) is 4.90 Å². The highest BCUT2D eigenvalue weighted by Crippen LogP contribution is 2.35. The Morgan fingerprint density at radius 2 is 1.29 bits per heavy atom. The Kier molecular flexibility index (Phi) is 8.67. The molecule has 3 aromatic rings. The van der Waals surface area contributed by atoms with E-state index in [1.807, 2.05) is 60.7 Å². The Morgan fingerprint density at radius 3 is 1.74 bits per heavy atom. The summed E-state index contributed by atoms with van der Waals surface area (Å²) in [6, 6.07) is 26.0. The van der Waals surface area contributed by atoms with Gasteiger partial charge in [-0.15, -0.1) is 0 Å². The van der Waals surface area contributed by atoms with Crippen LogP contribution in [0, 0.1) is 0 Å². The number of benzene rings is 3. The largest absolute Gasteiger partial charge is 0.492 e. The number of aliphatic carboxylic acids is 3. The number of ether oxygens (including phenoxy) is 1. The van der Waals surface area contributed by atoms with Gasteiger partial charge in [-0.1, -0.05) is 98.1 Å². The van der Waals surface area contributed by atoms with E-state index in [1.165, 1.54) is 0 Å². The van der Waals surface area contributed by atoms with Gasteiger partial charge in [-0.2, -0.15) is 0 Å². The van der Waals surface area contributed by atoms with Crippen molar-refractivity contribution in [2.24, 2.45) is 0 Å². The lowest BCUT2D eigenvalue weighted by Crippen LogP contribution is -2.42. The molecule has 4 N–H and O–H groups in total. The van der Waals surface area contributed by atoms with Crippen LogP contribution in [0.5, 0.6) is 5.75 Å². The van der Waals surface area contributed by atoms with Crippen LogP contribution in [0.4, 0.5) is 0 Å². The van der Waals surface area contributed by atoms with E-state index in [4.69, 9.17) is 50.5 Å². The maximum atomic E-state index is 10.3. The zero-order valence-corrected chi connectivity index (χ0v) is 22.9. The smallest absolute Gasteiger partial charge is 0.336 e. The van der Waals surface area contributed by atoms with E-state index < -0.39 is 69.6 Å². The molecule has 0 aliphatic rings. The van der Waals surface area contributed by atoms with E-state index >= 15 is 0 Å². The molecule has 42 heavy (non-hydrogen) atoms. The normalized spacial score (nSPS) is 16.5. The number of rotatable bonds is 14. The number of carboxylic acid groups (broad SMARTS) is 3. The summed E-state index contributed by atoms with van der Waals surface area (Å²) in [4.78, 5) is 30.7. The predicted octanol–water partition coefficient (Wildman–Crippen LogP) is 5.31. The monoisotopic (exact) mass is 607 g/mol. The molecule has 0 bridgehead atoms. The molecule has 10 heteroatoms. The minimum Gasteiger partial charge on any atom is -0.492 e. The van der Waals surface area contributed by atoms with Crippen molar-refractivity contribution < 1.29 is 53.3 Å². The molecule has 0 unspecified atom stereocenters. The van der Waals surface area contributed by atoms with Crippen LogP contribution >= 0.6 is 11.6 Å². The molecule has 0 aliphatic carbocycles. The second-order valence-corrected chi connectivity index (χ2v) is 9.02. The first-order valence-electron chi connectivity index (χ1n) is 17.3. The maximum Gasteiger partial charge on any atom is 0.336 e. The molecule has 0 saturated carbocycles. The van der Waals surface area contributed by atoms with E-state index in [-0.39, 0.29) is 11.5 Å². The number of nitrogens with zero attached hydrogens (tertiary/aromatic N) is 1. The average molecular weight is 608 g/mol. The Morgan fingerprint density at radius 1 is 0.810 bits per heavy atom. The van der Waals surface area contributed by atoms with Crippen LogP contribution in [0.25, 0.3) is 10.6 Å². The average Bonchev–Trinajstić information content (AvgIpc) is 3.03. The molecule has 3 rings (SSSR count). The Labute approximate surface area is 264 Å². The molecule has 0 atom stereocenters. The molecule has 0 heterocycles. The van der Waals surface area contributed by atoms with E-state index in [2.05, 4.69) is 0 Å². The molecule has 0 amide bonds. The van der Waals surface area contributed by atoms with Crippen molar-refractivity contribution in [3.05, 3.63) is 102 Å². The number of likely N-dealkylation sites (N-methyl/N-ethyl adjacent to an activating group) is 1. The van der Waals surface area contributed by atoms with Gasteiger partial charge in [0.1, 0.15) is 12.4 Å². The minimum atomic E-state index is -3.30. The topological polar surface area (TPSA) is 145 Å². The molecule has 9 nitrogen and oxygen atoms in total. The third-order valence-corrected chi connectivity index (χ3v) is 6.00. The lowest BCUT2D eigenvalue weighted by molar-refractivity contribution is -0.170. The van der Waals surface area contributed by atoms with Crippen LogP contribution in [0.3, 0.4) is 0 Å². The number of hydrogen-bond donors (Lipinski definition) is 4. The van der Waals surface area contributed by atoms with Crippen molar-refractivity contribution in [3.8, 4) is 5.75 Å². The van der Waals surface area contributed by atoms with Crippen LogP contribution in [0.2, 0.25) is 0 Å². The lowest BCUT2D eigenvalue weighted by atomic mass is 9.95. The molecular weight excluding hydrogens is 562 g/mol. The fourth-order valence-corrected chi connectivity index (χ4v) is 3.92. The van der Waals surface area contributed by atoms with Gasteiger partial charge in [0.25, 0.3) is 0 Å². The number of carbonyl (C=O) groups is 3. The minimum absolute atomic E-state index is 0.185. The molecule has 224 valence electrons. The quantitative estimate of drug-likeness (QED) is 0.179. The van der Waals surface area contributed by atoms with Gasteiger partial charge in [-0.25, -0.2) is 4.79 Å². The van der Waals surface area contributed by atoms with Gasteiger partial charge >= 0.3 is 17.9 Å². The van der Waals surface area contributed by atoms with Crippen molar-refractivity contribution in [2.45, 2.75) is 32.1 Å². The SMILES string of the molecule is O=C(O)CC(O)(CC(=O)O)C(=O)O.[2H]C([2H])([2H])C([2H])([2H])N(CCOc1ccc(/C(=C(\Cl)c2ccccc2)c2ccccc2)cc1)C([2H])([2H])C([2H])([2H])[2H]. The van der Waals surface area contributed by atoms with E-state index in [9.17, 15) is 14.4 Å². The molecule has 0 saturated heterocycles. The molecule has 0 radical (unpaired) electrons. The van der Waals surface area contributed by atoms with Gasteiger partial charge in [0.2, 0.25) is 0 Å². The molecule has 0 aliphatic heterocycles. The fourth-order valence-electron chi connectivity index (χ4n) is 3.58. The van der Waals surface area contributed by atoms with E-state index in [1.54, 1.807) is 24.3 Å². The first-order chi connectivity index (χ1) is 23.8. The van der Waals surface area contributed by atoms with E-state index in [0.717, 1.165) is 22.3 Å². The summed E-state index contributed by atoms with van der Waals surface area (Å²) in [6.07, 6.45) is -2.29. The Balaban J connectivity index is 0.000000612. The van der Waals surface area contributed by atoms with Gasteiger partial charge in [-0.05, 0) is 41.8 Å². The number of halogens is 1. The van der Waals surface area contributed by atoms with Crippen LogP contribution in [-0.2, 0) is 14.4 Å². The second-order valence-electron chi connectivity index (χ2n) is 8.65. The molecule has 0 fully saturated rings. The Bertz CT molecular complexity index is 1660. The van der Waals surface area contributed by atoms with Crippen molar-refractivity contribution in [2.75, 3.05) is 26.1 Å². The van der Waals surface area contributed by atoms with Gasteiger partial charge in [0.15, 0.2) is 5.60 Å². The van der Waals surface area contributed by atoms with Crippen LogP contribution < -0.4 is 4.74 Å². The third kappa shape index (κ3) is 10.7. The van der Waals surface area contributed by atoms with E-state index in [0.29, 0.717) is 10.8 Å². The zero-order valence-electron chi connectivity index (χ0n) is 32.2. The molecular formula is C32H36ClNO8. The summed E-state index contributed by atoms with van der Waals surface area (Å²) >= 11 is 6.84. The highest BCUT2D eigenvalue weighted by Gasteiger charge is 2.40. The summed E-state index contributed by atoms with van der Waals surface area (Å²) < 4.78 is 82.5. The second kappa shape index (κ2) is 16.9. The summed E-state index contributed by atoms with van der Waals surface area (Å²) in [5.74, 6) is -4.68. The first kappa shape index (κ1) is 21.5. The summed E-state index contributed by atoms with van der Waals surface area (Å²) in [7, 11) is 0. The fraction of sp³-hybridized carbons (Fsp3) is 0.281. The van der Waals surface area contributed by atoms with Gasteiger partial charge in [-0.3, -0.25) is 9.59 Å². The van der Waals surface area contributed by atoms with Gasteiger partial charge in [0, 0.05) is 25.8 Å². The highest BCUT2D eigenvalue weighted by atomic mass is 35.5. The summed E-state index contributed by atoms with van der Waals surface area (Å²) in [5, 5.41) is 34.4. The van der Waals surface area contributed by atoms with Gasteiger partial charge < -0.3 is 30.1 Å². The zero-order chi connectivity index (χ0) is 39.7. The maximum absolute atomic E-state index is 10.3. The number of hydrogen-bond acceptors (Lipinski definition) is 6. The molecule has 0 aromatic heterocycles. The van der Waals surface area contributed by atoms with Crippen LogP contribution in [0.15, 0.2) is 84.9 Å². The van der Waals surface area contributed by atoms with Crippen molar-refractivity contribution in [3.63, 3.8) is 0 Å². The first-order valence-corrected chi connectivity index (χ1v) is 12.6. The number of aliphatic hydroxyl groups is 1. The van der Waals surface area contributed by atoms with Crippen LogP contribution in [0.1, 0.15) is 56.9 Å². The van der Waals surface area contributed by atoms with Crippen molar-refractivity contribution in [1.29, 1.82) is 0 Å². The third-order valence-electron chi connectivity index (χ3n) is 5.59. The molecule has 3 aromatic carbocycles. The summed E-state index contributed by atoms with van der Waals surface area (Å²) in [5.41, 5.74) is 0.580. The summed E-state index contributed by atoms with van der Waals surface area (Å²) in [6.45, 7) is -14.1. The predicted molar refractivity (Wildman–Crippen MR) is 161 cm³/mol. The lowest BCUT2D eigenvalue weighted by Gasteiger charge is -2.18. The number of carboxylic acids is 3. The highest BCUT2D eigenvalue weighted by molar-refractivity contribution is 6.53.